The molecule has 8 nitrogen and oxygen atoms in total. The van der Waals surface area contributed by atoms with Crippen LogP contribution in [0.1, 0.15) is 290 Å². The molecule has 1 heterocycles. The zero-order valence-corrected chi connectivity index (χ0v) is 43.2. The third-order valence-corrected chi connectivity index (χ3v) is 13.3. The van der Waals surface area contributed by atoms with Gasteiger partial charge in [-0.1, -0.05) is 252 Å². The maximum Gasteiger partial charge on any atom is 0.306 e. The van der Waals surface area contributed by atoms with E-state index >= 15 is 0 Å². The number of ether oxygens (including phenoxy) is 4. The highest BCUT2D eigenvalue weighted by Crippen LogP contribution is 2.28. The van der Waals surface area contributed by atoms with Gasteiger partial charge in [0, 0.05) is 25.8 Å². The molecular weight excluding hydrogens is 799 g/mol. The predicted octanol–water partition coefficient (Wildman–Crippen LogP) is 16.1. The summed E-state index contributed by atoms with van der Waals surface area (Å²) in [5.74, 6) is -0.833. The van der Waals surface area contributed by atoms with E-state index in [9.17, 15) is 14.4 Å². The van der Waals surface area contributed by atoms with Crippen LogP contribution >= 0.6 is 0 Å². The van der Waals surface area contributed by atoms with Crippen molar-refractivity contribution in [2.24, 2.45) is 0 Å². The van der Waals surface area contributed by atoms with Gasteiger partial charge in [-0.15, -0.1) is 0 Å². The summed E-state index contributed by atoms with van der Waals surface area (Å²) in [6, 6.07) is 0. The average Bonchev–Trinajstić information content (AvgIpc) is 3.66. The van der Waals surface area contributed by atoms with Crippen LogP contribution in [0.5, 0.6) is 0 Å². The van der Waals surface area contributed by atoms with Crippen molar-refractivity contribution in [1.29, 1.82) is 0 Å². The van der Waals surface area contributed by atoms with Crippen LogP contribution in [0.2, 0.25) is 0 Å². The van der Waals surface area contributed by atoms with Gasteiger partial charge in [0.1, 0.15) is 12.2 Å². The van der Waals surface area contributed by atoms with Gasteiger partial charge in [-0.25, -0.2) is 0 Å². The standard InChI is InChI=1S/C56H107NO7/c1-6-9-12-15-18-21-24-27-30-33-36-39-42-45-52(58)62-50(48-57(4)5)55-56(64-54(60)47-44-41-38-35-32-29-26-23-20-17-14-11-8-3)51(49-61-55)63-53(59)46-43-40-37-34-31-28-25-22-19-16-13-10-7-2/h50-51,55-56H,6-49H2,1-5H3/t50-,51+,55-,56-/m1/s1. The van der Waals surface area contributed by atoms with Crippen LogP contribution in [0.4, 0.5) is 0 Å². The van der Waals surface area contributed by atoms with E-state index in [1.165, 1.54) is 193 Å². The first kappa shape index (κ1) is 60.3. The fourth-order valence-electron chi connectivity index (χ4n) is 9.27. The Bertz CT molecular complexity index is 1050. The molecule has 0 unspecified atom stereocenters. The van der Waals surface area contributed by atoms with Crippen LogP contribution in [-0.2, 0) is 33.3 Å². The Morgan fingerprint density at radius 1 is 0.422 bits per heavy atom. The number of nitrogens with zero attached hydrogens (tertiary/aromatic N) is 1. The maximum absolute atomic E-state index is 13.4. The molecule has 1 aliphatic heterocycles. The molecule has 0 aromatic rings. The third-order valence-electron chi connectivity index (χ3n) is 13.3. The first-order valence-corrected chi connectivity index (χ1v) is 28.2. The molecule has 1 aliphatic rings. The van der Waals surface area contributed by atoms with E-state index in [1.807, 2.05) is 19.0 Å². The SMILES string of the molecule is CCCCCCCCCCCCCCCC(=O)O[C@H]1[C@@H]([C@@H](CN(C)C)OC(=O)CCCCCCCCCCCCCCC)OC[C@@H]1OC(=O)CCCCCCCCCCCCCCC. The summed E-state index contributed by atoms with van der Waals surface area (Å²) in [6.45, 7) is 7.34. The quantitative estimate of drug-likeness (QED) is 0.0339. The third kappa shape index (κ3) is 36.4. The van der Waals surface area contributed by atoms with Crippen LogP contribution in [0.15, 0.2) is 0 Å². The molecule has 0 aromatic heterocycles. The molecule has 0 spiro atoms. The van der Waals surface area contributed by atoms with Gasteiger partial charge >= 0.3 is 17.9 Å². The number of esters is 3. The lowest BCUT2D eigenvalue weighted by Gasteiger charge is -2.30. The summed E-state index contributed by atoms with van der Waals surface area (Å²) in [6.07, 6.45) is 46.7. The van der Waals surface area contributed by atoms with E-state index in [0.29, 0.717) is 25.8 Å². The van der Waals surface area contributed by atoms with Crippen LogP contribution in [0.25, 0.3) is 0 Å². The van der Waals surface area contributed by atoms with Crippen molar-refractivity contribution < 1.29 is 33.3 Å². The molecule has 4 atom stereocenters. The topological polar surface area (TPSA) is 91.4 Å². The average molecular weight is 906 g/mol. The summed E-state index contributed by atoms with van der Waals surface area (Å²) in [5, 5.41) is 0. The summed E-state index contributed by atoms with van der Waals surface area (Å²) in [5.41, 5.74) is 0. The van der Waals surface area contributed by atoms with Gasteiger partial charge in [0.2, 0.25) is 0 Å². The predicted molar refractivity (Wildman–Crippen MR) is 269 cm³/mol. The normalized spacial score (nSPS) is 16.7. The Hall–Kier alpha value is -1.67. The van der Waals surface area contributed by atoms with Crippen LogP contribution < -0.4 is 0 Å². The van der Waals surface area contributed by atoms with E-state index in [0.717, 1.165) is 57.8 Å². The summed E-state index contributed by atoms with van der Waals surface area (Å²) >= 11 is 0. The molecule has 0 amide bonds. The van der Waals surface area contributed by atoms with Crippen LogP contribution in [-0.4, -0.2) is 74.5 Å². The number of unbranched alkanes of at least 4 members (excludes halogenated alkanes) is 36. The number of hydrogen-bond donors (Lipinski definition) is 0. The fourth-order valence-corrected chi connectivity index (χ4v) is 9.27. The van der Waals surface area contributed by atoms with E-state index in [4.69, 9.17) is 18.9 Å². The smallest absolute Gasteiger partial charge is 0.306 e. The number of rotatable bonds is 48. The van der Waals surface area contributed by atoms with Crippen molar-refractivity contribution >= 4 is 17.9 Å². The summed E-state index contributed by atoms with van der Waals surface area (Å²) < 4.78 is 24.5. The number of carbonyl (C=O) groups excluding carboxylic acids is 3. The lowest BCUT2D eigenvalue weighted by atomic mass is 10.0. The van der Waals surface area contributed by atoms with Crippen molar-refractivity contribution in [3.8, 4) is 0 Å². The minimum Gasteiger partial charge on any atom is -0.458 e. The minimum absolute atomic E-state index is 0.117. The fraction of sp³-hybridized carbons (Fsp3) is 0.946. The molecular formula is C56H107NO7. The number of likely N-dealkylation sites (N-methyl/N-ethyl adjacent to an activating group) is 1. The first-order valence-electron chi connectivity index (χ1n) is 28.2. The summed E-state index contributed by atoms with van der Waals surface area (Å²) in [4.78, 5) is 41.7. The molecule has 0 saturated carbocycles. The van der Waals surface area contributed by atoms with E-state index in [1.54, 1.807) is 0 Å². The largest absolute Gasteiger partial charge is 0.458 e. The van der Waals surface area contributed by atoms with Gasteiger partial charge in [0.15, 0.2) is 12.2 Å². The van der Waals surface area contributed by atoms with E-state index < -0.39 is 24.4 Å². The molecule has 8 heteroatoms. The molecule has 0 aliphatic carbocycles. The van der Waals surface area contributed by atoms with Crippen LogP contribution in [0, 0.1) is 0 Å². The Labute approximate surface area is 397 Å². The highest BCUT2D eigenvalue weighted by molar-refractivity contribution is 5.71. The van der Waals surface area contributed by atoms with Crippen molar-refractivity contribution in [2.45, 2.75) is 315 Å². The van der Waals surface area contributed by atoms with E-state index in [2.05, 4.69) is 20.8 Å². The Kier molecular flexibility index (Phi) is 42.6. The second-order valence-electron chi connectivity index (χ2n) is 20.0. The second kappa shape index (κ2) is 45.1. The van der Waals surface area contributed by atoms with Crippen molar-refractivity contribution in [3.63, 3.8) is 0 Å². The molecule has 1 fully saturated rings. The highest BCUT2D eigenvalue weighted by Gasteiger charge is 2.48. The molecule has 0 aromatic carbocycles. The molecule has 0 N–H and O–H groups in total. The molecule has 64 heavy (non-hydrogen) atoms. The number of carbonyl (C=O) groups is 3. The van der Waals surface area contributed by atoms with Gasteiger partial charge in [-0.3, -0.25) is 14.4 Å². The monoisotopic (exact) mass is 906 g/mol. The Balaban J connectivity index is 2.60. The molecule has 378 valence electrons. The van der Waals surface area contributed by atoms with Crippen molar-refractivity contribution in [2.75, 3.05) is 27.2 Å². The van der Waals surface area contributed by atoms with Crippen molar-refractivity contribution in [1.82, 2.24) is 4.90 Å². The minimum atomic E-state index is -0.820. The second-order valence-corrected chi connectivity index (χ2v) is 20.0. The van der Waals surface area contributed by atoms with Gasteiger partial charge in [-0.05, 0) is 33.4 Å². The van der Waals surface area contributed by atoms with Gasteiger partial charge < -0.3 is 23.8 Å². The lowest BCUT2D eigenvalue weighted by molar-refractivity contribution is -0.174. The molecule has 0 bridgehead atoms. The summed E-state index contributed by atoms with van der Waals surface area (Å²) in [7, 11) is 3.87. The zero-order valence-electron chi connectivity index (χ0n) is 43.2. The van der Waals surface area contributed by atoms with Gasteiger partial charge in [0.05, 0.1) is 6.61 Å². The number of hydrogen-bond acceptors (Lipinski definition) is 8. The Morgan fingerprint density at radius 2 is 0.703 bits per heavy atom. The van der Waals surface area contributed by atoms with Crippen LogP contribution in [0.3, 0.4) is 0 Å². The zero-order chi connectivity index (χ0) is 46.6. The molecule has 0 radical (unpaired) electrons. The van der Waals surface area contributed by atoms with Gasteiger partial charge in [-0.2, -0.15) is 0 Å². The van der Waals surface area contributed by atoms with Crippen molar-refractivity contribution in [3.05, 3.63) is 0 Å². The van der Waals surface area contributed by atoms with E-state index in [-0.39, 0.29) is 24.5 Å². The molecule has 1 saturated heterocycles. The Morgan fingerprint density at radius 3 is 1.02 bits per heavy atom. The first-order chi connectivity index (χ1) is 31.3. The maximum atomic E-state index is 13.4. The molecule has 1 rings (SSSR count). The lowest BCUT2D eigenvalue weighted by Crippen LogP contribution is -2.48. The highest BCUT2D eigenvalue weighted by atomic mass is 16.6. The van der Waals surface area contributed by atoms with Gasteiger partial charge in [0.25, 0.3) is 0 Å².